The van der Waals surface area contributed by atoms with Crippen LogP contribution < -0.4 is 0 Å². The van der Waals surface area contributed by atoms with Crippen LogP contribution >= 0.6 is 0 Å². The maximum absolute atomic E-state index is 13.1. The third-order valence-corrected chi connectivity index (χ3v) is 6.87. The highest BCUT2D eigenvalue weighted by Gasteiger charge is 2.34. The van der Waals surface area contributed by atoms with Crippen molar-refractivity contribution in [3.63, 3.8) is 0 Å². The molecule has 0 radical (unpaired) electrons. The molecule has 27 heavy (non-hydrogen) atoms. The minimum Gasteiger partial charge on any atom is -0.425 e. The summed E-state index contributed by atoms with van der Waals surface area (Å²) in [5.41, 5.74) is 1.90. The first kappa shape index (κ1) is 20.0. The Morgan fingerprint density at radius 2 is 1.96 bits per heavy atom. The molecule has 1 aromatic carbocycles. The summed E-state index contributed by atoms with van der Waals surface area (Å²) in [5.74, 6) is 1.11. The molecule has 0 amide bonds. The lowest BCUT2D eigenvalue weighted by molar-refractivity contribution is 0.274. The summed E-state index contributed by atoms with van der Waals surface area (Å²) >= 11 is 0. The van der Waals surface area contributed by atoms with Gasteiger partial charge in [0, 0.05) is 19.5 Å². The predicted octanol–water partition coefficient (Wildman–Crippen LogP) is 3.84. The number of sulfonamides is 1. The van der Waals surface area contributed by atoms with Gasteiger partial charge in [-0.2, -0.15) is 4.31 Å². The van der Waals surface area contributed by atoms with Crippen molar-refractivity contribution in [1.29, 1.82) is 0 Å². The second-order valence-electron chi connectivity index (χ2n) is 8.74. The van der Waals surface area contributed by atoms with E-state index < -0.39 is 10.0 Å². The molecule has 1 aromatic heterocycles. The Balaban J connectivity index is 1.79. The van der Waals surface area contributed by atoms with Crippen molar-refractivity contribution in [2.24, 2.45) is 5.41 Å². The van der Waals surface area contributed by atoms with Crippen LogP contribution in [0.3, 0.4) is 0 Å². The van der Waals surface area contributed by atoms with Gasteiger partial charge in [-0.25, -0.2) is 8.42 Å². The highest BCUT2D eigenvalue weighted by atomic mass is 32.2. The number of aromatic nitrogens is 2. The number of aryl methyl sites for hydroxylation is 2. The molecule has 0 N–H and O–H groups in total. The van der Waals surface area contributed by atoms with Crippen molar-refractivity contribution in [1.82, 2.24) is 14.5 Å². The molecule has 2 aromatic rings. The number of benzene rings is 1. The summed E-state index contributed by atoms with van der Waals surface area (Å²) in [7, 11) is -3.53. The summed E-state index contributed by atoms with van der Waals surface area (Å²) < 4.78 is 33.7. The fourth-order valence-electron chi connectivity index (χ4n) is 3.55. The minimum absolute atomic E-state index is 0.0551. The smallest absolute Gasteiger partial charge is 0.243 e. The third-order valence-electron chi connectivity index (χ3n) is 4.85. The molecule has 1 aliphatic rings. The molecule has 1 unspecified atom stereocenters. The van der Waals surface area contributed by atoms with E-state index in [1.807, 2.05) is 26.0 Å². The second-order valence-corrected chi connectivity index (χ2v) is 10.6. The van der Waals surface area contributed by atoms with E-state index in [2.05, 4.69) is 31.0 Å². The van der Waals surface area contributed by atoms with Gasteiger partial charge in [-0.3, -0.25) is 0 Å². The van der Waals surface area contributed by atoms with E-state index in [9.17, 15) is 8.42 Å². The first-order chi connectivity index (χ1) is 12.6. The zero-order valence-electron chi connectivity index (χ0n) is 16.8. The zero-order chi connectivity index (χ0) is 19.8. The Kier molecular flexibility index (Phi) is 5.45. The zero-order valence-corrected chi connectivity index (χ0v) is 17.6. The van der Waals surface area contributed by atoms with E-state index >= 15 is 0 Å². The molecule has 0 spiro atoms. The van der Waals surface area contributed by atoms with Gasteiger partial charge in [0.2, 0.25) is 21.8 Å². The standard InChI is InChI=1S/C20H29N3O3S/c1-14-8-9-17(15(2)11-14)27(24,25)23-10-6-7-16(13-23)19-22-21-18(26-19)12-20(3,4)5/h8-9,11,16H,6-7,10,12-13H2,1-5H3. The summed E-state index contributed by atoms with van der Waals surface area (Å²) in [6.07, 6.45) is 2.35. The largest absolute Gasteiger partial charge is 0.425 e. The molecule has 0 saturated carbocycles. The lowest BCUT2D eigenvalue weighted by Gasteiger charge is -2.30. The van der Waals surface area contributed by atoms with E-state index in [4.69, 9.17) is 4.42 Å². The number of rotatable bonds is 4. The Morgan fingerprint density at radius 1 is 1.22 bits per heavy atom. The van der Waals surface area contributed by atoms with E-state index in [-0.39, 0.29) is 11.3 Å². The number of hydrogen-bond donors (Lipinski definition) is 0. The molecule has 2 heterocycles. The second kappa shape index (κ2) is 7.36. The van der Waals surface area contributed by atoms with Gasteiger partial charge in [-0.05, 0) is 43.7 Å². The van der Waals surface area contributed by atoms with E-state index in [0.717, 1.165) is 24.0 Å². The van der Waals surface area contributed by atoms with Gasteiger partial charge in [-0.15, -0.1) is 10.2 Å². The van der Waals surface area contributed by atoms with Crippen LogP contribution in [0.2, 0.25) is 0 Å². The van der Waals surface area contributed by atoms with Crippen molar-refractivity contribution >= 4 is 10.0 Å². The van der Waals surface area contributed by atoms with Crippen LogP contribution in [0.5, 0.6) is 0 Å². The van der Waals surface area contributed by atoms with Crippen LogP contribution in [0.4, 0.5) is 0 Å². The highest BCUT2D eigenvalue weighted by Crippen LogP contribution is 2.31. The molecular formula is C20H29N3O3S. The molecule has 1 saturated heterocycles. The highest BCUT2D eigenvalue weighted by molar-refractivity contribution is 7.89. The molecule has 1 aliphatic heterocycles. The normalized spacial score (nSPS) is 19.4. The number of piperidine rings is 1. The lowest BCUT2D eigenvalue weighted by Crippen LogP contribution is -2.39. The van der Waals surface area contributed by atoms with Crippen LogP contribution in [0.25, 0.3) is 0 Å². The van der Waals surface area contributed by atoms with Gasteiger partial charge in [-0.1, -0.05) is 38.5 Å². The first-order valence-electron chi connectivity index (χ1n) is 9.46. The molecule has 1 fully saturated rings. The van der Waals surface area contributed by atoms with E-state index in [1.165, 1.54) is 0 Å². The van der Waals surface area contributed by atoms with Crippen molar-refractivity contribution in [2.45, 2.75) is 64.7 Å². The van der Waals surface area contributed by atoms with E-state index in [0.29, 0.717) is 36.2 Å². The molecule has 0 bridgehead atoms. The van der Waals surface area contributed by atoms with Gasteiger partial charge >= 0.3 is 0 Å². The van der Waals surface area contributed by atoms with Crippen LogP contribution in [-0.2, 0) is 16.4 Å². The molecule has 7 heteroatoms. The van der Waals surface area contributed by atoms with E-state index in [1.54, 1.807) is 10.4 Å². The average Bonchev–Trinajstić information content (AvgIpc) is 3.01. The van der Waals surface area contributed by atoms with Crippen molar-refractivity contribution in [3.8, 4) is 0 Å². The van der Waals surface area contributed by atoms with Crippen LogP contribution in [0.15, 0.2) is 27.5 Å². The van der Waals surface area contributed by atoms with Crippen molar-refractivity contribution < 1.29 is 12.8 Å². The minimum atomic E-state index is -3.53. The quantitative estimate of drug-likeness (QED) is 0.791. The van der Waals surface area contributed by atoms with Gasteiger partial charge in [0.25, 0.3) is 0 Å². The summed E-state index contributed by atoms with van der Waals surface area (Å²) in [6, 6.07) is 5.46. The predicted molar refractivity (Wildman–Crippen MR) is 104 cm³/mol. The van der Waals surface area contributed by atoms with Crippen LogP contribution in [0.1, 0.15) is 62.4 Å². The van der Waals surface area contributed by atoms with Gasteiger partial charge < -0.3 is 4.42 Å². The summed E-state index contributed by atoms with van der Waals surface area (Å²) in [5, 5.41) is 8.37. The molecule has 3 rings (SSSR count). The molecule has 6 nitrogen and oxygen atoms in total. The van der Waals surface area contributed by atoms with Crippen molar-refractivity contribution in [2.75, 3.05) is 13.1 Å². The maximum atomic E-state index is 13.1. The van der Waals surface area contributed by atoms with Crippen molar-refractivity contribution in [3.05, 3.63) is 41.1 Å². The maximum Gasteiger partial charge on any atom is 0.243 e. The molecule has 1 atom stereocenters. The van der Waals surface area contributed by atoms with Gasteiger partial charge in [0.15, 0.2) is 0 Å². The third kappa shape index (κ3) is 4.58. The molecule has 148 valence electrons. The number of hydrogen-bond acceptors (Lipinski definition) is 5. The Bertz CT molecular complexity index is 913. The molecular weight excluding hydrogens is 362 g/mol. The van der Waals surface area contributed by atoms with Gasteiger partial charge in [0.1, 0.15) is 0 Å². The average molecular weight is 392 g/mol. The Hall–Kier alpha value is -1.73. The number of nitrogens with zero attached hydrogens (tertiary/aromatic N) is 3. The SMILES string of the molecule is Cc1ccc(S(=O)(=O)N2CCCC(c3nnc(CC(C)(C)C)o3)C2)c(C)c1. The monoisotopic (exact) mass is 391 g/mol. The Labute approximate surface area is 162 Å². The molecule has 0 aliphatic carbocycles. The summed E-state index contributed by atoms with van der Waals surface area (Å²) in [6.45, 7) is 11.1. The fraction of sp³-hybridized carbons (Fsp3) is 0.600. The lowest BCUT2D eigenvalue weighted by atomic mass is 9.92. The Morgan fingerprint density at radius 3 is 2.63 bits per heavy atom. The van der Waals surface area contributed by atoms with Crippen LogP contribution in [-0.4, -0.2) is 36.0 Å². The first-order valence-corrected chi connectivity index (χ1v) is 10.9. The summed E-state index contributed by atoms with van der Waals surface area (Å²) in [4.78, 5) is 0.382. The van der Waals surface area contributed by atoms with Gasteiger partial charge in [0.05, 0.1) is 10.8 Å². The topological polar surface area (TPSA) is 76.3 Å². The van der Waals surface area contributed by atoms with Crippen LogP contribution in [0, 0.1) is 19.3 Å². The fourth-order valence-corrected chi connectivity index (χ4v) is 5.28.